The predicted molar refractivity (Wildman–Crippen MR) is 148 cm³/mol. The lowest BCUT2D eigenvalue weighted by Gasteiger charge is -2.29. The SMILES string of the molecule is C=Cc1cc(-c2ncco2)cc(-c2nn(-c3cc(N4CCOCC4)ccc3[N+](=O)[O-])c(=O)c3ccccc23)c1. The number of nitrogens with zero attached hydrogens (tertiary/aromatic N) is 5. The molecule has 39 heavy (non-hydrogen) atoms. The number of rotatable bonds is 6. The predicted octanol–water partition coefficient (Wildman–Crippen LogP) is 5.10. The molecule has 0 aliphatic carbocycles. The van der Waals surface area contributed by atoms with Crippen molar-refractivity contribution < 1.29 is 14.1 Å². The maximum atomic E-state index is 13.8. The lowest BCUT2D eigenvalue weighted by molar-refractivity contribution is -0.384. The van der Waals surface area contributed by atoms with Gasteiger partial charge in [-0.25, -0.2) is 4.98 Å². The van der Waals surface area contributed by atoms with Gasteiger partial charge in [-0.3, -0.25) is 14.9 Å². The topological polar surface area (TPSA) is 117 Å². The second-order valence-corrected chi connectivity index (χ2v) is 9.03. The van der Waals surface area contributed by atoms with Crippen molar-refractivity contribution in [2.45, 2.75) is 0 Å². The number of nitro groups is 1. The van der Waals surface area contributed by atoms with Gasteiger partial charge in [0.2, 0.25) is 5.89 Å². The zero-order valence-corrected chi connectivity index (χ0v) is 20.8. The molecule has 10 heteroatoms. The molecule has 0 atom stereocenters. The summed E-state index contributed by atoms with van der Waals surface area (Å²) in [5.74, 6) is 0.423. The first-order valence-electron chi connectivity index (χ1n) is 12.3. The van der Waals surface area contributed by atoms with Crippen molar-refractivity contribution in [1.29, 1.82) is 0 Å². The van der Waals surface area contributed by atoms with Crippen LogP contribution in [0.5, 0.6) is 0 Å². The summed E-state index contributed by atoms with van der Waals surface area (Å²) in [6, 6.07) is 17.5. The highest BCUT2D eigenvalue weighted by molar-refractivity contribution is 5.95. The second kappa shape index (κ2) is 9.99. The summed E-state index contributed by atoms with van der Waals surface area (Å²) >= 11 is 0. The Balaban J connectivity index is 1.62. The van der Waals surface area contributed by atoms with Crippen LogP contribution in [0.1, 0.15) is 5.56 Å². The summed E-state index contributed by atoms with van der Waals surface area (Å²) in [5, 5.41) is 17.8. The molecule has 0 amide bonds. The minimum absolute atomic E-state index is 0.0915. The smallest absolute Gasteiger partial charge is 0.295 e. The lowest BCUT2D eigenvalue weighted by atomic mass is 9.99. The van der Waals surface area contributed by atoms with Crippen molar-refractivity contribution in [3.05, 3.63) is 106 Å². The summed E-state index contributed by atoms with van der Waals surface area (Å²) in [6.45, 7) is 6.28. The van der Waals surface area contributed by atoms with Crippen molar-refractivity contribution in [2.24, 2.45) is 0 Å². The molecule has 5 aromatic rings. The van der Waals surface area contributed by atoms with Gasteiger partial charge in [-0.2, -0.15) is 9.78 Å². The number of oxazole rings is 1. The number of morpholine rings is 1. The van der Waals surface area contributed by atoms with E-state index in [9.17, 15) is 14.9 Å². The van der Waals surface area contributed by atoms with E-state index in [1.807, 2.05) is 30.3 Å². The summed E-state index contributed by atoms with van der Waals surface area (Å²) in [7, 11) is 0. The normalized spacial score (nSPS) is 13.5. The molecule has 1 fully saturated rings. The third kappa shape index (κ3) is 4.47. The van der Waals surface area contributed by atoms with Crippen LogP contribution in [0.4, 0.5) is 11.4 Å². The van der Waals surface area contributed by atoms with Gasteiger partial charge < -0.3 is 14.1 Å². The van der Waals surface area contributed by atoms with Crippen LogP contribution in [0.15, 0.2) is 88.9 Å². The van der Waals surface area contributed by atoms with Crippen molar-refractivity contribution in [3.63, 3.8) is 0 Å². The summed E-state index contributed by atoms with van der Waals surface area (Å²) in [4.78, 5) is 31.7. The van der Waals surface area contributed by atoms with Gasteiger partial charge in [0, 0.05) is 41.4 Å². The lowest BCUT2D eigenvalue weighted by Crippen LogP contribution is -2.36. The van der Waals surface area contributed by atoms with Crippen molar-refractivity contribution in [2.75, 3.05) is 31.2 Å². The van der Waals surface area contributed by atoms with Crippen LogP contribution >= 0.6 is 0 Å². The van der Waals surface area contributed by atoms with Crippen LogP contribution in [0.25, 0.3) is 45.2 Å². The molecule has 0 saturated carbocycles. The van der Waals surface area contributed by atoms with Gasteiger partial charge in [-0.05, 0) is 42.0 Å². The van der Waals surface area contributed by atoms with E-state index in [2.05, 4.69) is 16.5 Å². The number of hydrogen-bond acceptors (Lipinski definition) is 8. The molecule has 0 radical (unpaired) electrons. The Morgan fingerprint density at radius 1 is 1.00 bits per heavy atom. The molecule has 1 aliphatic rings. The maximum absolute atomic E-state index is 13.8. The van der Waals surface area contributed by atoms with Gasteiger partial charge in [0.05, 0.1) is 35.4 Å². The average molecular weight is 522 g/mol. The minimum atomic E-state index is -0.500. The molecule has 3 heterocycles. The van der Waals surface area contributed by atoms with Crippen LogP contribution < -0.4 is 10.5 Å². The van der Waals surface area contributed by atoms with E-state index < -0.39 is 10.5 Å². The number of anilines is 1. The van der Waals surface area contributed by atoms with E-state index in [0.29, 0.717) is 59.8 Å². The van der Waals surface area contributed by atoms with Crippen LogP contribution in [-0.2, 0) is 4.74 Å². The molecule has 0 N–H and O–H groups in total. The maximum Gasteiger partial charge on any atom is 0.295 e. The van der Waals surface area contributed by atoms with Gasteiger partial charge in [0.15, 0.2) is 0 Å². The number of ether oxygens (including phenoxy) is 1. The first-order chi connectivity index (χ1) is 19.0. The van der Waals surface area contributed by atoms with E-state index in [1.165, 1.54) is 12.3 Å². The van der Waals surface area contributed by atoms with Crippen molar-refractivity contribution in [3.8, 4) is 28.4 Å². The highest BCUT2D eigenvalue weighted by Crippen LogP contribution is 2.33. The Kier molecular flexibility index (Phi) is 6.22. The third-order valence-electron chi connectivity index (χ3n) is 6.71. The molecule has 1 saturated heterocycles. The van der Waals surface area contributed by atoms with Gasteiger partial charge in [-0.15, -0.1) is 0 Å². The zero-order valence-electron chi connectivity index (χ0n) is 20.8. The van der Waals surface area contributed by atoms with Gasteiger partial charge in [0.25, 0.3) is 11.2 Å². The second-order valence-electron chi connectivity index (χ2n) is 9.03. The number of aromatic nitrogens is 3. The third-order valence-corrected chi connectivity index (χ3v) is 6.71. The minimum Gasteiger partial charge on any atom is -0.445 e. The van der Waals surface area contributed by atoms with Gasteiger partial charge in [-0.1, -0.05) is 30.9 Å². The van der Waals surface area contributed by atoms with E-state index in [-0.39, 0.29) is 11.4 Å². The highest BCUT2D eigenvalue weighted by atomic mass is 16.6. The number of nitro benzene ring substituents is 1. The molecule has 0 spiro atoms. The van der Waals surface area contributed by atoms with E-state index in [4.69, 9.17) is 14.3 Å². The molecular formula is C29H23N5O5. The standard InChI is InChI=1S/C29H23N5O5/c1-2-19-15-20(17-21(16-19)28-30-9-12-39-28)27-23-5-3-4-6-24(23)29(35)33(31-27)26-18-22(7-8-25(26)34(36)37)32-10-13-38-14-11-32/h2-9,12,15-18H,1,10-11,13-14H2. The Labute approximate surface area is 222 Å². The Morgan fingerprint density at radius 3 is 2.49 bits per heavy atom. The number of benzene rings is 3. The van der Waals surface area contributed by atoms with E-state index in [0.717, 1.165) is 15.9 Å². The zero-order chi connectivity index (χ0) is 26.9. The van der Waals surface area contributed by atoms with E-state index >= 15 is 0 Å². The Hall–Kier alpha value is -5.09. The molecule has 1 aliphatic heterocycles. The molecule has 2 aromatic heterocycles. The molecule has 6 rings (SSSR count). The van der Waals surface area contributed by atoms with Crippen molar-refractivity contribution in [1.82, 2.24) is 14.8 Å². The van der Waals surface area contributed by atoms with Gasteiger partial charge >= 0.3 is 0 Å². The number of hydrogen-bond donors (Lipinski definition) is 0. The van der Waals surface area contributed by atoms with Crippen LogP contribution in [-0.4, -0.2) is 46.0 Å². The highest BCUT2D eigenvalue weighted by Gasteiger charge is 2.23. The molecule has 10 nitrogen and oxygen atoms in total. The van der Waals surface area contributed by atoms with Crippen molar-refractivity contribution >= 4 is 28.2 Å². The molecule has 0 unspecified atom stereocenters. The van der Waals surface area contributed by atoms with Crippen LogP contribution in [0.2, 0.25) is 0 Å². The Morgan fingerprint density at radius 2 is 1.77 bits per heavy atom. The molecular weight excluding hydrogens is 498 g/mol. The van der Waals surface area contributed by atoms with Gasteiger partial charge in [0.1, 0.15) is 12.0 Å². The first-order valence-corrected chi connectivity index (χ1v) is 12.3. The first kappa shape index (κ1) is 24.3. The summed E-state index contributed by atoms with van der Waals surface area (Å²) < 4.78 is 12.1. The van der Waals surface area contributed by atoms with E-state index in [1.54, 1.807) is 36.5 Å². The summed E-state index contributed by atoms with van der Waals surface area (Å²) in [5.41, 5.74) is 2.83. The summed E-state index contributed by atoms with van der Waals surface area (Å²) in [6.07, 6.45) is 4.75. The average Bonchev–Trinajstić information content (AvgIpc) is 3.53. The molecule has 194 valence electrons. The number of fused-ring (bicyclic) bond motifs is 1. The quantitative estimate of drug-likeness (QED) is 0.224. The monoisotopic (exact) mass is 521 g/mol. The fourth-order valence-corrected chi connectivity index (χ4v) is 4.82. The fraction of sp³-hybridized carbons (Fsp3) is 0.138. The Bertz CT molecular complexity index is 1770. The largest absolute Gasteiger partial charge is 0.445 e. The molecule has 0 bridgehead atoms. The molecule has 3 aromatic carbocycles. The van der Waals surface area contributed by atoms with Crippen LogP contribution in [0, 0.1) is 10.1 Å². The fourth-order valence-electron chi connectivity index (χ4n) is 4.82. The van der Waals surface area contributed by atoms with Crippen LogP contribution in [0.3, 0.4) is 0 Å².